The molecule has 0 fully saturated rings. The van der Waals surface area contributed by atoms with Gasteiger partial charge in [0.15, 0.2) is 0 Å². The molecule has 1 atom stereocenters. The molecule has 2 heterocycles. The number of nitrogens with one attached hydrogen (secondary N) is 1. The first-order valence-corrected chi connectivity index (χ1v) is 16.9. The number of fused-ring (bicyclic) bond motifs is 1. The quantitative estimate of drug-likeness (QED) is 0.143. The molecule has 6 aromatic rings. The summed E-state index contributed by atoms with van der Waals surface area (Å²) in [6, 6.07) is 35.9. The van der Waals surface area contributed by atoms with E-state index in [0.717, 1.165) is 57.1 Å². The van der Waals surface area contributed by atoms with Crippen LogP contribution in [0.2, 0.25) is 5.02 Å². The van der Waals surface area contributed by atoms with E-state index in [1.165, 1.54) is 11.1 Å². The summed E-state index contributed by atoms with van der Waals surface area (Å²) in [6.07, 6.45) is 1.95. The molecule has 0 bridgehead atoms. The lowest BCUT2D eigenvalue weighted by atomic mass is 9.97. The van der Waals surface area contributed by atoms with Gasteiger partial charge in [-0.3, -0.25) is 4.79 Å². The summed E-state index contributed by atoms with van der Waals surface area (Å²) in [7, 11) is 1.65. The zero-order valence-corrected chi connectivity index (χ0v) is 28.7. The van der Waals surface area contributed by atoms with Gasteiger partial charge in [-0.1, -0.05) is 110 Å². The van der Waals surface area contributed by atoms with E-state index in [9.17, 15) is 4.79 Å². The van der Waals surface area contributed by atoms with Gasteiger partial charge in [-0.2, -0.15) is 0 Å². The Hall–Kier alpha value is -4.94. The number of methoxy groups -OCH3 is 1. The highest BCUT2D eigenvalue weighted by atomic mass is 35.5. The Morgan fingerprint density at radius 3 is 2.10 bits per heavy atom. The number of hydrogen-bond acceptors (Lipinski definition) is 4. The summed E-state index contributed by atoms with van der Waals surface area (Å²) in [5, 5.41) is 4.91. The molecule has 0 aliphatic carbocycles. The van der Waals surface area contributed by atoms with Crippen LogP contribution in [-0.4, -0.2) is 27.6 Å². The number of rotatable bonds is 12. The Kier molecular flexibility index (Phi) is 10.2. The monoisotopic (exact) mass is 656 g/mol. The molecule has 7 heteroatoms. The maximum Gasteiger partial charge on any atom is 0.243 e. The van der Waals surface area contributed by atoms with Crippen molar-refractivity contribution in [3.8, 4) is 17.0 Å². The van der Waals surface area contributed by atoms with E-state index in [1.807, 2.05) is 72.8 Å². The number of carbonyl (C=O) groups excluding carboxylic acids is 1. The second-order valence-corrected chi connectivity index (χ2v) is 12.9. The Morgan fingerprint density at radius 1 is 0.833 bits per heavy atom. The molecule has 0 saturated carbocycles. The fraction of sp³-hybridized carbons (Fsp3) is 0.244. The largest absolute Gasteiger partial charge is 0.497 e. The van der Waals surface area contributed by atoms with E-state index >= 15 is 0 Å². The molecule has 48 heavy (non-hydrogen) atoms. The molecule has 0 saturated heterocycles. The minimum absolute atomic E-state index is 0.0671. The van der Waals surface area contributed by atoms with Crippen molar-refractivity contribution in [1.82, 2.24) is 19.9 Å². The summed E-state index contributed by atoms with van der Waals surface area (Å²) in [5.41, 5.74) is 8.05. The molecule has 1 amide bonds. The van der Waals surface area contributed by atoms with Gasteiger partial charge in [0.05, 0.1) is 18.5 Å². The summed E-state index contributed by atoms with van der Waals surface area (Å²) in [6.45, 7) is 6.66. The molecule has 1 unspecified atom stereocenters. The number of hydrogen-bond donors (Lipinski definition) is 1. The molecular weight excluding hydrogens is 616 g/mol. The molecule has 244 valence electrons. The normalized spacial score (nSPS) is 12.0. The van der Waals surface area contributed by atoms with Gasteiger partial charge in [0.2, 0.25) is 5.91 Å². The van der Waals surface area contributed by atoms with E-state index in [4.69, 9.17) is 26.3 Å². The Balaban J connectivity index is 1.56. The Bertz CT molecular complexity index is 1990. The Labute approximate surface area is 287 Å². The lowest BCUT2D eigenvalue weighted by Crippen LogP contribution is -2.33. The number of benzene rings is 4. The van der Waals surface area contributed by atoms with Crippen molar-refractivity contribution >= 4 is 28.5 Å². The van der Waals surface area contributed by atoms with Gasteiger partial charge in [-0.05, 0) is 71.8 Å². The first-order chi connectivity index (χ1) is 23.3. The standard InChI is InChI=1S/C41H41ClN4O2/c1-27(2)39-44-28(3)37-35(25-30-13-9-6-10-14-30)38(32-18-20-33(42)21-19-32)46(40(37)45-39)36(24-17-29-11-7-5-8-12-29)41(47)43-26-31-15-22-34(48-4)23-16-31/h5-16,18-23,27,36H,17,24-26H2,1-4H3,(H,43,47). The smallest absolute Gasteiger partial charge is 0.243 e. The number of nitrogens with zero attached hydrogens (tertiary/aromatic N) is 3. The summed E-state index contributed by atoms with van der Waals surface area (Å²) < 4.78 is 7.52. The Morgan fingerprint density at radius 2 is 1.48 bits per heavy atom. The van der Waals surface area contributed by atoms with Gasteiger partial charge in [0.1, 0.15) is 23.3 Å². The van der Waals surface area contributed by atoms with Crippen LogP contribution in [0, 0.1) is 6.92 Å². The van der Waals surface area contributed by atoms with Crippen LogP contribution in [0.15, 0.2) is 109 Å². The second-order valence-electron chi connectivity index (χ2n) is 12.5. The average molecular weight is 657 g/mol. The molecule has 0 aliphatic rings. The van der Waals surface area contributed by atoms with Crippen molar-refractivity contribution in [1.29, 1.82) is 0 Å². The molecule has 4 aromatic carbocycles. The van der Waals surface area contributed by atoms with Gasteiger partial charge in [-0.15, -0.1) is 0 Å². The van der Waals surface area contributed by atoms with E-state index in [0.29, 0.717) is 24.4 Å². The van der Waals surface area contributed by atoms with Gasteiger partial charge >= 0.3 is 0 Å². The van der Waals surface area contributed by atoms with Crippen LogP contribution in [-0.2, 0) is 24.2 Å². The van der Waals surface area contributed by atoms with Crippen LogP contribution < -0.4 is 10.1 Å². The average Bonchev–Trinajstić information content (AvgIpc) is 3.42. The number of halogens is 1. The van der Waals surface area contributed by atoms with Gasteiger partial charge in [-0.25, -0.2) is 9.97 Å². The number of aryl methyl sites for hydroxylation is 2. The molecule has 2 aromatic heterocycles. The van der Waals surface area contributed by atoms with Crippen LogP contribution >= 0.6 is 11.6 Å². The number of carbonyl (C=O) groups is 1. The topological polar surface area (TPSA) is 69.0 Å². The molecule has 0 spiro atoms. The highest BCUT2D eigenvalue weighted by Gasteiger charge is 2.31. The fourth-order valence-electron chi connectivity index (χ4n) is 6.31. The van der Waals surface area contributed by atoms with E-state index in [1.54, 1.807) is 7.11 Å². The van der Waals surface area contributed by atoms with Crippen LogP contribution in [0.4, 0.5) is 0 Å². The maximum absolute atomic E-state index is 14.6. The summed E-state index contributed by atoms with van der Waals surface area (Å²) in [4.78, 5) is 24.8. The molecular formula is C41H41ClN4O2. The van der Waals surface area contributed by atoms with Crippen molar-refractivity contribution in [3.05, 3.63) is 148 Å². The van der Waals surface area contributed by atoms with Crippen molar-refractivity contribution in [2.75, 3.05) is 7.11 Å². The SMILES string of the molecule is COc1ccc(CNC(=O)C(CCc2ccccc2)n2c(-c3ccc(Cl)cc3)c(Cc3ccccc3)c3c(C)nc(C(C)C)nc32)cc1. The molecule has 0 aliphatic heterocycles. The third-order valence-corrected chi connectivity index (χ3v) is 9.04. The summed E-state index contributed by atoms with van der Waals surface area (Å²) in [5.74, 6) is 1.58. The maximum atomic E-state index is 14.6. The minimum atomic E-state index is -0.560. The predicted molar refractivity (Wildman–Crippen MR) is 195 cm³/mol. The molecule has 0 radical (unpaired) electrons. The first kappa shape index (κ1) is 33.0. The summed E-state index contributed by atoms with van der Waals surface area (Å²) >= 11 is 6.42. The van der Waals surface area contributed by atoms with Crippen molar-refractivity contribution < 1.29 is 9.53 Å². The number of ether oxygens (including phenoxy) is 1. The van der Waals surface area contributed by atoms with Gasteiger partial charge in [0.25, 0.3) is 0 Å². The van der Waals surface area contributed by atoms with Crippen molar-refractivity contribution in [3.63, 3.8) is 0 Å². The van der Waals surface area contributed by atoms with E-state index in [-0.39, 0.29) is 11.8 Å². The van der Waals surface area contributed by atoms with Crippen LogP contribution in [0.1, 0.15) is 66.0 Å². The molecule has 6 rings (SSSR count). The molecule has 1 N–H and O–H groups in total. The third kappa shape index (κ3) is 7.29. The van der Waals surface area contributed by atoms with Gasteiger partial charge < -0.3 is 14.6 Å². The highest BCUT2D eigenvalue weighted by Crippen LogP contribution is 2.40. The lowest BCUT2D eigenvalue weighted by Gasteiger charge is -2.23. The van der Waals surface area contributed by atoms with Gasteiger partial charge in [0, 0.05) is 29.3 Å². The number of aromatic nitrogens is 3. The lowest BCUT2D eigenvalue weighted by molar-refractivity contribution is -0.124. The van der Waals surface area contributed by atoms with Crippen molar-refractivity contribution in [2.45, 2.75) is 58.5 Å². The first-order valence-electron chi connectivity index (χ1n) is 16.5. The van der Waals surface area contributed by atoms with E-state index in [2.05, 4.69) is 67.1 Å². The third-order valence-electron chi connectivity index (χ3n) is 8.79. The predicted octanol–water partition coefficient (Wildman–Crippen LogP) is 9.27. The zero-order chi connectivity index (χ0) is 33.6. The number of amides is 1. The van der Waals surface area contributed by atoms with Crippen molar-refractivity contribution in [2.24, 2.45) is 0 Å². The molecule has 6 nitrogen and oxygen atoms in total. The fourth-order valence-corrected chi connectivity index (χ4v) is 6.43. The van der Waals surface area contributed by atoms with E-state index < -0.39 is 6.04 Å². The van der Waals surface area contributed by atoms with Crippen LogP contribution in [0.3, 0.4) is 0 Å². The van der Waals surface area contributed by atoms with Crippen LogP contribution in [0.5, 0.6) is 5.75 Å². The minimum Gasteiger partial charge on any atom is -0.497 e. The van der Waals surface area contributed by atoms with Crippen LogP contribution in [0.25, 0.3) is 22.3 Å². The second kappa shape index (κ2) is 14.9. The highest BCUT2D eigenvalue weighted by molar-refractivity contribution is 6.30. The zero-order valence-electron chi connectivity index (χ0n) is 27.9.